The van der Waals surface area contributed by atoms with Crippen molar-refractivity contribution in [1.29, 1.82) is 0 Å². The van der Waals surface area contributed by atoms with Crippen LogP contribution in [0.15, 0.2) is 12.4 Å². The predicted octanol–water partition coefficient (Wildman–Crippen LogP) is 2.47. The summed E-state index contributed by atoms with van der Waals surface area (Å²) in [6.45, 7) is 9.14. The van der Waals surface area contributed by atoms with Crippen molar-refractivity contribution in [2.75, 3.05) is 13.1 Å². The zero-order valence-corrected chi connectivity index (χ0v) is 15.8. The van der Waals surface area contributed by atoms with Crippen LogP contribution in [0.4, 0.5) is 0 Å². The fourth-order valence-corrected chi connectivity index (χ4v) is 4.13. The largest absolute Gasteiger partial charge is 0.342 e. The molecule has 6 heteroatoms. The highest BCUT2D eigenvalue weighted by Gasteiger charge is 2.50. The van der Waals surface area contributed by atoms with Crippen LogP contribution in [-0.2, 0) is 9.59 Å². The summed E-state index contributed by atoms with van der Waals surface area (Å²) in [5.41, 5.74) is -0.760. The molecule has 2 atom stereocenters. The molecule has 0 unspecified atom stereocenters. The highest BCUT2D eigenvalue weighted by molar-refractivity contribution is 5.91. The van der Waals surface area contributed by atoms with Crippen molar-refractivity contribution in [2.45, 2.75) is 70.9 Å². The number of aromatic nitrogens is 2. The van der Waals surface area contributed by atoms with Crippen molar-refractivity contribution in [3.05, 3.63) is 18.2 Å². The number of nitrogens with one attached hydrogen (secondary N) is 1. The van der Waals surface area contributed by atoms with Crippen LogP contribution in [0.1, 0.15) is 71.2 Å². The van der Waals surface area contributed by atoms with E-state index in [2.05, 4.69) is 28.7 Å². The minimum Gasteiger partial charge on any atom is -0.342 e. The Balaban J connectivity index is 1.77. The van der Waals surface area contributed by atoms with E-state index in [0.717, 1.165) is 38.1 Å². The van der Waals surface area contributed by atoms with E-state index in [1.54, 1.807) is 0 Å². The van der Waals surface area contributed by atoms with E-state index >= 15 is 0 Å². The number of amides is 2. The molecular formula is C19H30N4O2. The summed E-state index contributed by atoms with van der Waals surface area (Å²) in [7, 11) is 0. The first-order chi connectivity index (χ1) is 11.8. The second-order valence-electron chi connectivity index (χ2n) is 8.05. The van der Waals surface area contributed by atoms with Gasteiger partial charge < -0.3 is 14.8 Å². The van der Waals surface area contributed by atoms with E-state index in [1.165, 1.54) is 6.92 Å². The number of imidazole rings is 1. The molecule has 1 aliphatic heterocycles. The molecule has 2 heterocycles. The van der Waals surface area contributed by atoms with Crippen molar-refractivity contribution in [3.63, 3.8) is 0 Å². The second-order valence-corrected chi connectivity index (χ2v) is 8.05. The molecule has 0 aromatic carbocycles. The predicted molar refractivity (Wildman–Crippen MR) is 96.1 cm³/mol. The monoisotopic (exact) mass is 346 g/mol. The summed E-state index contributed by atoms with van der Waals surface area (Å²) in [6, 6.07) is 0.262. The lowest BCUT2D eigenvalue weighted by Crippen LogP contribution is -2.60. The van der Waals surface area contributed by atoms with Gasteiger partial charge in [0, 0.05) is 38.3 Å². The molecule has 1 N–H and O–H groups in total. The maximum Gasteiger partial charge on any atom is 0.248 e. The minimum atomic E-state index is -0.760. The Morgan fingerprint density at radius 2 is 2.04 bits per heavy atom. The molecule has 1 saturated heterocycles. The maximum atomic E-state index is 13.3. The van der Waals surface area contributed by atoms with Crippen LogP contribution in [0.3, 0.4) is 0 Å². The molecule has 1 saturated carbocycles. The highest BCUT2D eigenvalue weighted by atomic mass is 16.2. The Hall–Kier alpha value is -1.85. The summed E-state index contributed by atoms with van der Waals surface area (Å²) in [5.74, 6) is 1.64. The first-order valence-electron chi connectivity index (χ1n) is 9.43. The number of hydrogen-bond donors (Lipinski definition) is 1. The normalized spacial score (nSPS) is 23.4. The molecule has 25 heavy (non-hydrogen) atoms. The fraction of sp³-hybridized carbons (Fsp3) is 0.737. The van der Waals surface area contributed by atoms with E-state index in [1.807, 2.05) is 24.2 Å². The molecule has 3 rings (SSSR count). The van der Waals surface area contributed by atoms with Crippen molar-refractivity contribution >= 4 is 11.8 Å². The van der Waals surface area contributed by atoms with Crippen LogP contribution >= 0.6 is 0 Å². The minimum absolute atomic E-state index is 0.0705. The maximum absolute atomic E-state index is 13.3. The third-order valence-electron chi connectivity index (χ3n) is 5.57. The van der Waals surface area contributed by atoms with Gasteiger partial charge in [-0.05, 0) is 38.5 Å². The van der Waals surface area contributed by atoms with E-state index in [4.69, 9.17) is 0 Å². The quantitative estimate of drug-likeness (QED) is 0.890. The van der Waals surface area contributed by atoms with Gasteiger partial charge in [0.15, 0.2) is 0 Å². The number of carbonyl (C=O) groups excluding carboxylic acids is 2. The SMILES string of the molecule is CC(=O)N[C@](C)(C(=O)N1CCC[C@@H](n2ccnc2C(C)C)C1)C1CC1. The van der Waals surface area contributed by atoms with E-state index in [0.29, 0.717) is 12.5 Å². The Labute approximate surface area is 150 Å². The van der Waals surface area contributed by atoms with Crippen molar-refractivity contribution in [3.8, 4) is 0 Å². The van der Waals surface area contributed by atoms with Crippen LogP contribution in [0.25, 0.3) is 0 Å². The van der Waals surface area contributed by atoms with Crippen LogP contribution < -0.4 is 5.32 Å². The summed E-state index contributed by atoms with van der Waals surface area (Å²) >= 11 is 0. The van der Waals surface area contributed by atoms with Crippen LogP contribution in [-0.4, -0.2) is 44.9 Å². The summed E-state index contributed by atoms with van der Waals surface area (Å²) < 4.78 is 2.23. The van der Waals surface area contributed by atoms with Crippen LogP contribution in [0, 0.1) is 5.92 Å². The molecule has 2 fully saturated rings. The fourth-order valence-electron chi connectivity index (χ4n) is 4.13. The van der Waals surface area contributed by atoms with Gasteiger partial charge in [-0.2, -0.15) is 0 Å². The van der Waals surface area contributed by atoms with Crippen LogP contribution in [0.2, 0.25) is 0 Å². The lowest BCUT2D eigenvalue weighted by molar-refractivity contribution is -0.143. The average Bonchev–Trinajstić information content (AvgIpc) is 3.30. The van der Waals surface area contributed by atoms with Gasteiger partial charge in [-0.3, -0.25) is 9.59 Å². The van der Waals surface area contributed by atoms with Gasteiger partial charge in [0.05, 0.1) is 6.04 Å². The third-order valence-corrected chi connectivity index (χ3v) is 5.57. The average molecular weight is 346 g/mol. The molecule has 1 aliphatic carbocycles. The van der Waals surface area contributed by atoms with Gasteiger partial charge in [-0.15, -0.1) is 0 Å². The Morgan fingerprint density at radius 1 is 1.32 bits per heavy atom. The van der Waals surface area contributed by atoms with E-state index < -0.39 is 5.54 Å². The molecule has 6 nitrogen and oxygen atoms in total. The molecular weight excluding hydrogens is 316 g/mol. The van der Waals surface area contributed by atoms with E-state index in [-0.39, 0.29) is 23.8 Å². The number of nitrogens with zero attached hydrogens (tertiary/aromatic N) is 3. The number of rotatable bonds is 5. The second kappa shape index (κ2) is 6.81. The molecule has 0 radical (unpaired) electrons. The molecule has 1 aromatic heterocycles. The first kappa shape index (κ1) is 18.0. The lowest BCUT2D eigenvalue weighted by atomic mass is 9.92. The number of piperidine rings is 1. The van der Waals surface area contributed by atoms with Gasteiger partial charge in [-0.25, -0.2) is 4.98 Å². The smallest absolute Gasteiger partial charge is 0.248 e. The molecule has 2 aliphatic rings. The number of carbonyl (C=O) groups is 2. The zero-order chi connectivity index (χ0) is 18.2. The standard InChI is InChI=1S/C19H30N4O2/c1-13(2)17-20-9-11-23(17)16-6-5-10-22(12-16)18(25)19(4,15-7-8-15)21-14(3)24/h9,11,13,15-16H,5-8,10,12H2,1-4H3,(H,21,24)/t16-,19+/m1/s1. The summed E-state index contributed by atoms with van der Waals surface area (Å²) in [4.78, 5) is 31.4. The molecule has 0 bridgehead atoms. The summed E-state index contributed by atoms with van der Waals surface area (Å²) in [6.07, 6.45) is 7.94. The first-order valence-corrected chi connectivity index (χ1v) is 9.43. The lowest BCUT2D eigenvalue weighted by Gasteiger charge is -2.40. The topological polar surface area (TPSA) is 67.2 Å². The number of hydrogen-bond acceptors (Lipinski definition) is 3. The van der Waals surface area contributed by atoms with Crippen molar-refractivity contribution < 1.29 is 9.59 Å². The Morgan fingerprint density at radius 3 is 2.64 bits per heavy atom. The van der Waals surface area contributed by atoms with E-state index in [9.17, 15) is 9.59 Å². The van der Waals surface area contributed by atoms with Gasteiger partial charge >= 0.3 is 0 Å². The van der Waals surface area contributed by atoms with Gasteiger partial charge in [0.1, 0.15) is 11.4 Å². The third kappa shape index (κ3) is 3.58. The van der Waals surface area contributed by atoms with Gasteiger partial charge in [0.2, 0.25) is 11.8 Å². The molecule has 0 spiro atoms. The van der Waals surface area contributed by atoms with Crippen molar-refractivity contribution in [2.24, 2.45) is 5.92 Å². The van der Waals surface area contributed by atoms with Gasteiger partial charge in [-0.1, -0.05) is 13.8 Å². The molecule has 1 aromatic rings. The van der Waals surface area contributed by atoms with Crippen LogP contribution in [0.5, 0.6) is 0 Å². The van der Waals surface area contributed by atoms with Gasteiger partial charge in [0.25, 0.3) is 0 Å². The zero-order valence-electron chi connectivity index (χ0n) is 15.8. The highest BCUT2D eigenvalue weighted by Crippen LogP contribution is 2.41. The number of likely N-dealkylation sites (tertiary alicyclic amines) is 1. The summed E-state index contributed by atoms with van der Waals surface area (Å²) in [5, 5.41) is 2.95. The molecule has 138 valence electrons. The Bertz CT molecular complexity index is 650. The van der Waals surface area contributed by atoms with Crippen molar-refractivity contribution in [1.82, 2.24) is 19.8 Å². The Kier molecular flexibility index (Phi) is 4.89. The molecule has 2 amide bonds.